The lowest BCUT2D eigenvalue weighted by atomic mass is 10.0. The van der Waals surface area contributed by atoms with Crippen LogP contribution in [0.4, 0.5) is 5.69 Å². The van der Waals surface area contributed by atoms with Crippen molar-refractivity contribution < 1.29 is 14.6 Å². The molecule has 1 saturated heterocycles. The van der Waals surface area contributed by atoms with Crippen LogP contribution in [0.15, 0.2) is 29.8 Å². The van der Waals surface area contributed by atoms with Crippen molar-refractivity contribution in [1.29, 1.82) is 5.26 Å². The van der Waals surface area contributed by atoms with Gasteiger partial charge < -0.3 is 20.1 Å². The molecule has 1 atom stereocenters. The van der Waals surface area contributed by atoms with Gasteiger partial charge in [0.25, 0.3) is 5.91 Å². The van der Waals surface area contributed by atoms with Crippen LogP contribution in [0.2, 0.25) is 0 Å². The quantitative estimate of drug-likeness (QED) is 0.605. The van der Waals surface area contributed by atoms with Crippen molar-refractivity contribution in [3.05, 3.63) is 35.4 Å². The lowest BCUT2D eigenvalue weighted by molar-refractivity contribution is -0.117. The number of morpholine rings is 1. The molecule has 1 aliphatic heterocycles. The van der Waals surface area contributed by atoms with Crippen LogP contribution in [0, 0.1) is 17.2 Å². The molecule has 2 N–H and O–H groups in total. The summed E-state index contributed by atoms with van der Waals surface area (Å²) in [5, 5.41) is 21.1. The van der Waals surface area contributed by atoms with Gasteiger partial charge in [-0.2, -0.15) is 5.26 Å². The van der Waals surface area contributed by atoms with Crippen molar-refractivity contribution >= 4 is 17.2 Å². The summed E-state index contributed by atoms with van der Waals surface area (Å²) in [5.74, 6) is -0.449. The summed E-state index contributed by atoms with van der Waals surface area (Å²) in [6.07, 6.45) is 0. The molecular formula is C19H25N3O3. The minimum absolute atomic E-state index is 0.00609. The normalized spacial score (nSPS) is 16.6. The Balaban J connectivity index is 2.12. The molecule has 0 saturated carbocycles. The summed E-state index contributed by atoms with van der Waals surface area (Å²) in [6, 6.07) is 9.87. The maximum absolute atomic E-state index is 12.2. The number of nitriles is 1. The molecule has 0 bridgehead atoms. The predicted molar refractivity (Wildman–Crippen MR) is 96.9 cm³/mol. The largest absolute Gasteiger partial charge is 0.396 e. The van der Waals surface area contributed by atoms with E-state index in [2.05, 4.69) is 10.2 Å². The number of hydrogen-bond acceptors (Lipinski definition) is 5. The highest BCUT2D eigenvalue weighted by Crippen LogP contribution is 2.23. The fourth-order valence-corrected chi connectivity index (χ4v) is 2.61. The summed E-state index contributed by atoms with van der Waals surface area (Å²) in [6.45, 7) is 7.12. The number of carbonyl (C=O) groups excluding carboxylic acids is 1. The van der Waals surface area contributed by atoms with Gasteiger partial charge in [-0.1, -0.05) is 19.1 Å². The first-order valence-corrected chi connectivity index (χ1v) is 8.50. The Hall–Kier alpha value is -2.36. The Morgan fingerprint density at radius 1 is 1.36 bits per heavy atom. The van der Waals surface area contributed by atoms with Crippen molar-refractivity contribution in [2.45, 2.75) is 13.8 Å². The van der Waals surface area contributed by atoms with E-state index in [1.807, 2.05) is 37.3 Å². The second kappa shape index (κ2) is 9.21. The molecule has 1 aromatic rings. The zero-order valence-electron chi connectivity index (χ0n) is 14.8. The Kier molecular flexibility index (Phi) is 6.99. The van der Waals surface area contributed by atoms with Gasteiger partial charge in [0.1, 0.15) is 11.6 Å². The number of aliphatic hydroxyl groups excluding tert-OH is 1. The van der Waals surface area contributed by atoms with Crippen LogP contribution < -0.4 is 10.2 Å². The molecule has 0 spiro atoms. The number of allylic oxidation sites excluding steroid dienone is 1. The van der Waals surface area contributed by atoms with Crippen LogP contribution in [0.5, 0.6) is 0 Å². The molecule has 25 heavy (non-hydrogen) atoms. The molecular weight excluding hydrogens is 318 g/mol. The lowest BCUT2D eigenvalue weighted by Gasteiger charge is -2.29. The average Bonchev–Trinajstić information content (AvgIpc) is 2.67. The number of ether oxygens (including phenoxy) is 1. The van der Waals surface area contributed by atoms with Crippen LogP contribution in [0.3, 0.4) is 0 Å². The molecule has 1 aromatic carbocycles. The molecule has 1 heterocycles. The summed E-state index contributed by atoms with van der Waals surface area (Å²) >= 11 is 0. The fraction of sp³-hybridized carbons (Fsp3) is 0.474. The number of rotatable bonds is 6. The average molecular weight is 343 g/mol. The molecule has 1 fully saturated rings. The smallest absolute Gasteiger partial charge is 0.262 e. The summed E-state index contributed by atoms with van der Waals surface area (Å²) in [4.78, 5) is 14.5. The van der Waals surface area contributed by atoms with Gasteiger partial charge in [0.05, 0.1) is 13.2 Å². The number of anilines is 1. The van der Waals surface area contributed by atoms with Crippen LogP contribution in [-0.4, -0.2) is 50.5 Å². The van der Waals surface area contributed by atoms with Gasteiger partial charge in [0.2, 0.25) is 0 Å². The molecule has 0 aromatic heterocycles. The van der Waals surface area contributed by atoms with E-state index in [1.165, 1.54) is 0 Å². The summed E-state index contributed by atoms with van der Waals surface area (Å²) in [7, 11) is 0. The number of nitrogens with zero attached hydrogens (tertiary/aromatic N) is 2. The molecule has 2 rings (SSSR count). The van der Waals surface area contributed by atoms with Gasteiger partial charge in [0.15, 0.2) is 0 Å². The van der Waals surface area contributed by atoms with Crippen molar-refractivity contribution in [3.63, 3.8) is 0 Å². The summed E-state index contributed by atoms with van der Waals surface area (Å²) in [5.41, 5.74) is 2.70. The van der Waals surface area contributed by atoms with E-state index >= 15 is 0 Å². The third-order valence-corrected chi connectivity index (χ3v) is 4.31. The van der Waals surface area contributed by atoms with E-state index in [-0.39, 0.29) is 18.1 Å². The van der Waals surface area contributed by atoms with E-state index < -0.39 is 5.91 Å². The van der Waals surface area contributed by atoms with Gasteiger partial charge in [-0.05, 0) is 36.1 Å². The number of amides is 1. The molecule has 1 unspecified atom stereocenters. The lowest BCUT2D eigenvalue weighted by Crippen LogP contribution is -2.36. The third kappa shape index (κ3) is 5.05. The SMILES string of the molecule is C/C(=C(/C#N)C(=O)NCC(C)CO)c1ccc(N2CCOCC2)cc1. The molecule has 134 valence electrons. The highest BCUT2D eigenvalue weighted by atomic mass is 16.5. The van der Waals surface area contributed by atoms with Crippen molar-refractivity contribution in [1.82, 2.24) is 5.32 Å². The highest BCUT2D eigenvalue weighted by molar-refractivity contribution is 6.04. The van der Waals surface area contributed by atoms with E-state index in [9.17, 15) is 10.1 Å². The molecule has 6 heteroatoms. The van der Waals surface area contributed by atoms with Crippen LogP contribution in [0.1, 0.15) is 19.4 Å². The monoisotopic (exact) mass is 343 g/mol. The minimum Gasteiger partial charge on any atom is -0.396 e. The Labute approximate surface area is 148 Å². The van der Waals surface area contributed by atoms with E-state index in [1.54, 1.807) is 6.92 Å². The maximum atomic E-state index is 12.2. The van der Waals surface area contributed by atoms with E-state index in [0.717, 1.165) is 37.6 Å². The van der Waals surface area contributed by atoms with Gasteiger partial charge >= 0.3 is 0 Å². The van der Waals surface area contributed by atoms with E-state index in [0.29, 0.717) is 12.1 Å². The summed E-state index contributed by atoms with van der Waals surface area (Å²) < 4.78 is 5.36. The standard InChI is InChI=1S/C19H25N3O3/c1-14(13-23)12-21-19(24)18(11-20)15(2)16-3-5-17(6-4-16)22-7-9-25-10-8-22/h3-6,14,23H,7-10,12-13H2,1-2H3,(H,21,24)/b18-15+. The van der Waals surface area contributed by atoms with Gasteiger partial charge in [-0.15, -0.1) is 0 Å². The number of benzene rings is 1. The first-order valence-electron chi connectivity index (χ1n) is 8.50. The topological polar surface area (TPSA) is 85.6 Å². The van der Waals surface area contributed by atoms with Crippen molar-refractivity contribution in [2.75, 3.05) is 44.4 Å². The zero-order chi connectivity index (χ0) is 18.2. The van der Waals surface area contributed by atoms with Crippen molar-refractivity contribution in [3.8, 4) is 6.07 Å². The first kappa shape index (κ1) is 19.0. The van der Waals surface area contributed by atoms with Crippen molar-refractivity contribution in [2.24, 2.45) is 5.92 Å². The Bertz CT molecular complexity index is 655. The second-order valence-corrected chi connectivity index (χ2v) is 6.26. The van der Waals surface area contributed by atoms with Gasteiger partial charge in [-0.25, -0.2) is 0 Å². The number of aliphatic hydroxyl groups is 1. The number of nitrogens with one attached hydrogen (secondary N) is 1. The molecule has 6 nitrogen and oxygen atoms in total. The van der Waals surface area contributed by atoms with Gasteiger partial charge in [-0.3, -0.25) is 4.79 Å². The molecule has 0 radical (unpaired) electrons. The maximum Gasteiger partial charge on any atom is 0.262 e. The van der Waals surface area contributed by atoms with Crippen LogP contribution >= 0.6 is 0 Å². The molecule has 1 aliphatic rings. The molecule has 0 aliphatic carbocycles. The van der Waals surface area contributed by atoms with Gasteiger partial charge in [0, 0.05) is 31.9 Å². The zero-order valence-corrected chi connectivity index (χ0v) is 14.8. The minimum atomic E-state index is -0.405. The third-order valence-electron chi connectivity index (χ3n) is 4.31. The second-order valence-electron chi connectivity index (χ2n) is 6.26. The fourth-order valence-electron chi connectivity index (χ4n) is 2.61. The first-order chi connectivity index (χ1) is 12.1. The van der Waals surface area contributed by atoms with Crippen LogP contribution in [0.25, 0.3) is 5.57 Å². The Morgan fingerprint density at radius 2 is 2.00 bits per heavy atom. The predicted octanol–water partition coefficient (Wildman–Crippen LogP) is 1.56. The molecule has 1 amide bonds. The number of hydrogen-bond donors (Lipinski definition) is 2. The Morgan fingerprint density at radius 3 is 2.56 bits per heavy atom. The van der Waals surface area contributed by atoms with E-state index in [4.69, 9.17) is 9.84 Å². The van der Waals surface area contributed by atoms with Crippen LogP contribution in [-0.2, 0) is 9.53 Å². The number of carbonyl (C=O) groups is 1. The highest BCUT2D eigenvalue weighted by Gasteiger charge is 2.15.